The molecule has 4 fully saturated rings. The highest BCUT2D eigenvalue weighted by Gasteiger charge is 2.62. The predicted molar refractivity (Wildman–Crippen MR) is 222 cm³/mol. The first-order valence-electron chi connectivity index (χ1n) is 21.6. The molecule has 0 unspecified atom stereocenters. The fourth-order valence-corrected chi connectivity index (χ4v) is 10.5. The minimum absolute atomic E-state index is 0.00730. The topological polar surface area (TPSA) is 190 Å². The number of amides is 4. The summed E-state index contributed by atoms with van der Waals surface area (Å²) in [5, 5.41) is 9.38. The molecule has 5 aliphatic rings. The van der Waals surface area contributed by atoms with Gasteiger partial charge in [0.05, 0.1) is 23.1 Å². The lowest BCUT2D eigenvalue weighted by Gasteiger charge is -2.30. The van der Waals surface area contributed by atoms with Gasteiger partial charge in [0.1, 0.15) is 35.3 Å². The van der Waals surface area contributed by atoms with E-state index in [0.717, 1.165) is 25.3 Å². The standard InChI is InChI=1S/C44H48F3N7O8S/c45-44(46,47)32-18-11-17-31-37(32)51-54-36(23-34(48-38(31)54)26-12-5-4-6-13-26)61-29-22-35-39(55)50-43(41(57)52-63(59,60)30-20-21-30)24-27(43)14-7-2-1-3-8-19-33(40(56)53(35)25-29)49-42(58)62-28-15-9-10-16-28/h4-7,11-14,17-18,23,27-30,33,35H,1-3,8-10,15-16,19-22,24-25H2,(H,49,58)(H,50,55)(H,52,57)/b14-7-/t27-,29+,33-,35-,43+/m0/s1. The normalized spacial score (nSPS) is 26.6. The molecule has 9 rings (SSSR count). The Morgan fingerprint density at radius 3 is 2.43 bits per heavy atom. The van der Waals surface area contributed by atoms with E-state index in [-0.39, 0.29) is 54.3 Å². The van der Waals surface area contributed by atoms with Crippen LogP contribution >= 0.6 is 0 Å². The quantitative estimate of drug-likeness (QED) is 0.178. The molecule has 3 N–H and O–H groups in total. The zero-order valence-corrected chi connectivity index (χ0v) is 35.1. The zero-order valence-electron chi connectivity index (χ0n) is 34.3. The molecular formula is C44H48F3N7O8S. The van der Waals surface area contributed by atoms with Crippen molar-refractivity contribution in [2.75, 3.05) is 6.54 Å². The predicted octanol–water partition coefficient (Wildman–Crippen LogP) is 5.96. The van der Waals surface area contributed by atoms with Crippen LogP contribution in [0.15, 0.2) is 66.7 Å². The molecule has 2 aromatic carbocycles. The van der Waals surface area contributed by atoms with Crippen LogP contribution in [0.3, 0.4) is 0 Å². The van der Waals surface area contributed by atoms with Gasteiger partial charge < -0.3 is 25.0 Å². The average molecular weight is 892 g/mol. The average Bonchev–Trinajstić information content (AvgIpc) is 4.06. The highest BCUT2D eigenvalue weighted by Crippen LogP contribution is 2.46. The number of carbonyl (C=O) groups excluding carboxylic acids is 4. The van der Waals surface area contributed by atoms with Crippen molar-refractivity contribution in [2.45, 2.75) is 125 Å². The number of halogens is 3. The number of alkyl halides is 3. The second kappa shape index (κ2) is 16.8. The lowest BCUT2D eigenvalue weighted by atomic mass is 10.0. The van der Waals surface area contributed by atoms with Crippen LogP contribution in [0, 0.1) is 5.92 Å². The SMILES string of the molecule is O=C(N[C@H]1CCCCC/C=C\[C@H]2C[C@@]2(C(=O)NS(=O)(=O)C2CC2)NC(=O)[C@@H]2C[C@@H](Oc3cc(-c4ccccc4)nc4c5cccc(C(F)(F)F)c5nn34)CN2C1=O)OC1CCCC1. The number of nitrogens with zero attached hydrogens (tertiary/aromatic N) is 4. The number of allylic oxidation sites excluding steroid dienone is 1. The summed E-state index contributed by atoms with van der Waals surface area (Å²) in [7, 11) is -3.98. The fraction of sp³-hybridized carbons (Fsp3) is 0.500. The fourth-order valence-electron chi connectivity index (χ4n) is 9.10. The number of hydrogen-bond donors (Lipinski definition) is 3. The third kappa shape index (κ3) is 8.80. The van der Waals surface area contributed by atoms with Gasteiger partial charge in [0.2, 0.25) is 27.7 Å². The third-order valence-electron chi connectivity index (χ3n) is 12.7. The second-order valence-electron chi connectivity index (χ2n) is 17.3. The molecule has 1 saturated heterocycles. The largest absolute Gasteiger partial charge is 0.472 e. The summed E-state index contributed by atoms with van der Waals surface area (Å²) >= 11 is 0. The highest BCUT2D eigenvalue weighted by atomic mass is 32.2. The molecule has 63 heavy (non-hydrogen) atoms. The molecular weight excluding hydrogens is 844 g/mol. The number of rotatable bonds is 8. The molecule has 19 heteroatoms. The van der Waals surface area contributed by atoms with Gasteiger partial charge in [0.25, 0.3) is 5.91 Å². The van der Waals surface area contributed by atoms with Gasteiger partial charge in [-0.3, -0.25) is 19.1 Å². The number of fused-ring (bicyclic) bond motifs is 5. The van der Waals surface area contributed by atoms with Gasteiger partial charge in [-0.2, -0.15) is 22.8 Å². The molecule has 3 saturated carbocycles. The number of benzene rings is 2. The third-order valence-corrected chi connectivity index (χ3v) is 14.6. The minimum atomic E-state index is -4.73. The maximum Gasteiger partial charge on any atom is 0.418 e. The van der Waals surface area contributed by atoms with Crippen molar-refractivity contribution >= 4 is 50.4 Å². The first-order valence-corrected chi connectivity index (χ1v) is 23.2. The first-order chi connectivity index (χ1) is 30.2. The maximum absolute atomic E-state index is 14.8. The van der Waals surface area contributed by atoms with E-state index in [2.05, 4.69) is 20.5 Å². The van der Waals surface area contributed by atoms with Crippen molar-refractivity contribution in [1.29, 1.82) is 0 Å². The molecule has 4 heterocycles. The van der Waals surface area contributed by atoms with E-state index in [1.165, 1.54) is 27.6 Å². The highest BCUT2D eigenvalue weighted by molar-refractivity contribution is 7.91. The molecule has 334 valence electrons. The molecule has 4 aromatic rings. The summed E-state index contributed by atoms with van der Waals surface area (Å²) in [6.07, 6.45) is 3.95. The van der Waals surface area contributed by atoms with Crippen LogP contribution in [0.2, 0.25) is 0 Å². The number of hydrogen-bond acceptors (Lipinski definition) is 10. The van der Waals surface area contributed by atoms with Crippen molar-refractivity contribution in [3.63, 3.8) is 0 Å². The van der Waals surface area contributed by atoms with Gasteiger partial charge in [0, 0.05) is 29.4 Å². The Hall–Kier alpha value is -5.72. The smallest absolute Gasteiger partial charge is 0.418 e. The maximum atomic E-state index is 14.8. The molecule has 3 aliphatic carbocycles. The van der Waals surface area contributed by atoms with E-state index in [9.17, 15) is 40.8 Å². The molecule has 5 atom stereocenters. The molecule has 0 radical (unpaired) electrons. The Kier molecular flexibility index (Phi) is 11.3. The van der Waals surface area contributed by atoms with E-state index in [4.69, 9.17) is 14.5 Å². The number of ether oxygens (including phenoxy) is 2. The lowest BCUT2D eigenvalue weighted by molar-refractivity contribution is -0.141. The van der Waals surface area contributed by atoms with Crippen LogP contribution in [0.25, 0.3) is 27.8 Å². The van der Waals surface area contributed by atoms with Crippen LogP contribution in [0.4, 0.5) is 18.0 Å². The van der Waals surface area contributed by atoms with Gasteiger partial charge >= 0.3 is 12.3 Å². The van der Waals surface area contributed by atoms with Crippen LogP contribution in [-0.2, 0) is 35.3 Å². The van der Waals surface area contributed by atoms with Crippen LogP contribution in [0.1, 0.15) is 89.0 Å². The summed E-state index contributed by atoms with van der Waals surface area (Å²) in [5.41, 5.74) is -1.84. The van der Waals surface area contributed by atoms with Crippen LogP contribution < -0.4 is 20.1 Å². The Morgan fingerprint density at radius 2 is 1.68 bits per heavy atom. The number of nitrogens with one attached hydrogen (secondary N) is 3. The zero-order chi connectivity index (χ0) is 44.1. The number of aromatic nitrogens is 3. The Morgan fingerprint density at radius 1 is 0.921 bits per heavy atom. The van der Waals surface area contributed by atoms with Crippen LogP contribution in [-0.4, -0.2) is 93.4 Å². The van der Waals surface area contributed by atoms with Crippen molar-refractivity contribution in [2.24, 2.45) is 5.92 Å². The van der Waals surface area contributed by atoms with Gasteiger partial charge in [-0.25, -0.2) is 18.2 Å². The van der Waals surface area contributed by atoms with E-state index in [1.807, 2.05) is 12.2 Å². The molecule has 0 bridgehead atoms. The summed E-state index contributed by atoms with van der Waals surface area (Å²) < 4.78 is 84.3. The van der Waals surface area contributed by atoms with E-state index in [0.29, 0.717) is 56.2 Å². The summed E-state index contributed by atoms with van der Waals surface area (Å²) in [5.74, 6) is -2.72. The molecule has 4 amide bonds. The van der Waals surface area contributed by atoms with Crippen molar-refractivity contribution in [1.82, 2.24) is 34.9 Å². The molecule has 2 aromatic heterocycles. The minimum Gasteiger partial charge on any atom is -0.472 e. The van der Waals surface area contributed by atoms with Gasteiger partial charge in [-0.15, -0.1) is 0 Å². The molecule has 0 spiro atoms. The monoisotopic (exact) mass is 891 g/mol. The number of carbonyl (C=O) groups is 4. The summed E-state index contributed by atoms with van der Waals surface area (Å²) in [6, 6.07) is 11.8. The van der Waals surface area contributed by atoms with Gasteiger partial charge in [-0.05, 0) is 76.3 Å². The summed E-state index contributed by atoms with van der Waals surface area (Å²) in [4.78, 5) is 62.5. The Balaban J connectivity index is 1.08. The van der Waals surface area contributed by atoms with E-state index >= 15 is 0 Å². The Labute approximate surface area is 361 Å². The second-order valence-corrected chi connectivity index (χ2v) is 19.2. The van der Waals surface area contributed by atoms with Gasteiger partial charge in [-0.1, -0.05) is 61.4 Å². The van der Waals surface area contributed by atoms with Gasteiger partial charge in [0.15, 0.2) is 5.65 Å². The first kappa shape index (κ1) is 42.6. The molecule has 2 aliphatic heterocycles. The van der Waals surface area contributed by atoms with E-state index < -0.39 is 80.5 Å². The van der Waals surface area contributed by atoms with Crippen molar-refractivity contribution in [3.05, 3.63) is 72.3 Å². The molecule has 15 nitrogen and oxygen atoms in total. The Bertz CT molecular complexity index is 2580. The lowest BCUT2D eigenvalue weighted by Crippen LogP contribution is -2.58. The van der Waals surface area contributed by atoms with Crippen molar-refractivity contribution in [3.8, 4) is 17.1 Å². The van der Waals surface area contributed by atoms with E-state index in [1.54, 1.807) is 30.3 Å². The van der Waals surface area contributed by atoms with Crippen LogP contribution in [0.5, 0.6) is 5.88 Å². The number of sulfonamides is 1. The number of alkyl carbamates (subject to hydrolysis) is 1. The van der Waals surface area contributed by atoms with Crippen molar-refractivity contribution < 1.29 is 50.2 Å². The summed E-state index contributed by atoms with van der Waals surface area (Å²) in [6.45, 7) is -0.204.